The lowest BCUT2D eigenvalue weighted by Crippen LogP contribution is -2.38. The SMILES string of the molecule is CCc1nc(C2CN(c3nc(CCOC)ns3)CCO2)n[nH]1. The summed E-state index contributed by atoms with van der Waals surface area (Å²) in [7, 11) is 1.68. The van der Waals surface area contributed by atoms with Gasteiger partial charge in [0.2, 0.25) is 5.13 Å². The first kappa shape index (κ1) is 15.3. The van der Waals surface area contributed by atoms with E-state index in [1.165, 1.54) is 11.5 Å². The zero-order chi connectivity index (χ0) is 15.4. The molecule has 0 saturated carbocycles. The molecule has 8 nitrogen and oxygen atoms in total. The summed E-state index contributed by atoms with van der Waals surface area (Å²) in [6.07, 6.45) is 1.45. The van der Waals surface area contributed by atoms with Gasteiger partial charge in [-0.05, 0) is 0 Å². The van der Waals surface area contributed by atoms with Crippen molar-refractivity contribution in [2.24, 2.45) is 0 Å². The molecule has 2 aromatic rings. The van der Waals surface area contributed by atoms with Gasteiger partial charge in [0.25, 0.3) is 0 Å². The van der Waals surface area contributed by atoms with Gasteiger partial charge in [-0.25, -0.2) is 9.97 Å². The van der Waals surface area contributed by atoms with Gasteiger partial charge < -0.3 is 14.4 Å². The summed E-state index contributed by atoms with van der Waals surface area (Å²) in [5.74, 6) is 2.43. The topological polar surface area (TPSA) is 89.1 Å². The highest BCUT2D eigenvalue weighted by molar-refractivity contribution is 7.09. The first-order chi connectivity index (χ1) is 10.8. The molecule has 9 heteroatoms. The van der Waals surface area contributed by atoms with Gasteiger partial charge in [0.1, 0.15) is 17.8 Å². The van der Waals surface area contributed by atoms with E-state index in [-0.39, 0.29) is 6.10 Å². The second-order valence-corrected chi connectivity index (χ2v) is 5.77. The number of ether oxygens (including phenoxy) is 2. The highest BCUT2D eigenvalue weighted by atomic mass is 32.1. The Morgan fingerprint density at radius 3 is 3.14 bits per heavy atom. The van der Waals surface area contributed by atoms with Crippen LogP contribution in [0.25, 0.3) is 0 Å². The second kappa shape index (κ2) is 7.12. The smallest absolute Gasteiger partial charge is 0.205 e. The van der Waals surface area contributed by atoms with Crippen LogP contribution in [0.15, 0.2) is 0 Å². The first-order valence-electron chi connectivity index (χ1n) is 7.39. The van der Waals surface area contributed by atoms with Crippen molar-refractivity contribution in [2.45, 2.75) is 25.9 Å². The summed E-state index contributed by atoms with van der Waals surface area (Å²) >= 11 is 1.42. The lowest BCUT2D eigenvalue weighted by Gasteiger charge is -2.30. The largest absolute Gasteiger partial charge is 0.384 e. The third-order valence-corrected chi connectivity index (χ3v) is 4.31. The molecule has 0 aliphatic carbocycles. The number of H-pyrrole nitrogens is 1. The van der Waals surface area contributed by atoms with E-state index < -0.39 is 0 Å². The van der Waals surface area contributed by atoms with Crippen LogP contribution in [-0.4, -0.2) is 58.0 Å². The highest BCUT2D eigenvalue weighted by Crippen LogP contribution is 2.25. The Kier molecular flexibility index (Phi) is 4.96. The first-order valence-corrected chi connectivity index (χ1v) is 8.16. The van der Waals surface area contributed by atoms with E-state index in [0.29, 0.717) is 25.6 Å². The standard InChI is InChI=1S/C13H20N6O2S/c1-3-10-14-12(17-16-10)9-8-19(5-7-21-9)13-15-11(18-22-13)4-6-20-2/h9H,3-8H2,1-2H3,(H,14,16,17). The Morgan fingerprint density at radius 1 is 1.45 bits per heavy atom. The van der Waals surface area contributed by atoms with Crippen molar-refractivity contribution in [3.8, 4) is 0 Å². The third kappa shape index (κ3) is 3.42. The summed E-state index contributed by atoms with van der Waals surface area (Å²) in [4.78, 5) is 11.2. The lowest BCUT2D eigenvalue weighted by atomic mass is 10.2. The average molecular weight is 324 g/mol. The van der Waals surface area contributed by atoms with E-state index in [4.69, 9.17) is 9.47 Å². The van der Waals surface area contributed by atoms with Crippen molar-refractivity contribution in [2.75, 3.05) is 38.3 Å². The van der Waals surface area contributed by atoms with Gasteiger partial charge >= 0.3 is 0 Å². The molecule has 2 aromatic heterocycles. The summed E-state index contributed by atoms with van der Waals surface area (Å²) in [5.41, 5.74) is 0. The van der Waals surface area contributed by atoms with Crippen LogP contribution in [0.4, 0.5) is 5.13 Å². The van der Waals surface area contributed by atoms with Crippen LogP contribution in [0.5, 0.6) is 0 Å². The quantitative estimate of drug-likeness (QED) is 0.847. The molecule has 1 unspecified atom stereocenters. The minimum Gasteiger partial charge on any atom is -0.384 e. The number of nitrogens with zero attached hydrogens (tertiary/aromatic N) is 5. The number of hydrogen-bond donors (Lipinski definition) is 1. The fourth-order valence-electron chi connectivity index (χ4n) is 2.26. The van der Waals surface area contributed by atoms with Crippen LogP contribution in [0.1, 0.15) is 30.5 Å². The molecule has 0 spiro atoms. The van der Waals surface area contributed by atoms with Gasteiger partial charge in [0, 0.05) is 38.0 Å². The van der Waals surface area contributed by atoms with Crippen molar-refractivity contribution in [1.82, 2.24) is 24.5 Å². The van der Waals surface area contributed by atoms with E-state index in [9.17, 15) is 0 Å². The number of rotatable bonds is 6. The maximum Gasteiger partial charge on any atom is 0.205 e. The molecule has 0 bridgehead atoms. The van der Waals surface area contributed by atoms with Crippen LogP contribution < -0.4 is 4.90 Å². The Balaban J connectivity index is 1.66. The normalized spacial score (nSPS) is 18.8. The molecule has 3 heterocycles. The average Bonchev–Trinajstić information content (AvgIpc) is 3.22. The number of nitrogens with one attached hydrogen (secondary N) is 1. The van der Waals surface area contributed by atoms with E-state index >= 15 is 0 Å². The number of morpholine rings is 1. The van der Waals surface area contributed by atoms with Crippen LogP contribution in [0.3, 0.4) is 0 Å². The Morgan fingerprint density at radius 2 is 2.36 bits per heavy atom. The Hall–Kier alpha value is -1.58. The molecule has 3 rings (SSSR count). The van der Waals surface area contributed by atoms with E-state index in [1.54, 1.807) is 7.11 Å². The van der Waals surface area contributed by atoms with Crippen molar-refractivity contribution in [1.29, 1.82) is 0 Å². The third-order valence-electron chi connectivity index (χ3n) is 3.50. The summed E-state index contributed by atoms with van der Waals surface area (Å²) in [6, 6.07) is 0. The predicted molar refractivity (Wildman–Crippen MR) is 82.2 cm³/mol. The summed E-state index contributed by atoms with van der Waals surface area (Å²) in [5, 5.41) is 8.11. The van der Waals surface area contributed by atoms with Crippen LogP contribution in [0, 0.1) is 0 Å². The number of hydrogen-bond acceptors (Lipinski definition) is 8. The molecule has 22 heavy (non-hydrogen) atoms. The molecule has 1 fully saturated rings. The highest BCUT2D eigenvalue weighted by Gasteiger charge is 2.27. The van der Waals surface area contributed by atoms with E-state index in [0.717, 1.165) is 36.2 Å². The van der Waals surface area contributed by atoms with Crippen LogP contribution in [-0.2, 0) is 22.3 Å². The zero-order valence-electron chi connectivity index (χ0n) is 12.8. The van der Waals surface area contributed by atoms with Gasteiger partial charge in [0.15, 0.2) is 5.82 Å². The molecule has 1 aliphatic rings. The zero-order valence-corrected chi connectivity index (χ0v) is 13.6. The second-order valence-electron chi connectivity index (χ2n) is 5.04. The van der Waals surface area contributed by atoms with Gasteiger partial charge in [-0.2, -0.15) is 9.47 Å². The minimum atomic E-state index is -0.128. The monoisotopic (exact) mass is 324 g/mol. The molecule has 0 radical (unpaired) electrons. The number of methoxy groups -OCH3 is 1. The maximum absolute atomic E-state index is 5.80. The molecule has 120 valence electrons. The fraction of sp³-hybridized carbons (Fsp3) is 0.692. The fourth-order valence-corrected chi connectivity index (χ4v) is 3.01. The van der Waals surface area contributed by atoms with Gasteiger partial charge in [-0.3, -0.25) is 5.10 Å². The van der Waals surface area contributed by atoms with Gasteiger partial charge in [-0.1, -0.05) is 6.92 Å². The molecular formula is C13H20N6O2S. The van der Waals surface area contributed by atoms with Crippen LogP contribution in [0.2, 0.25) is 0 Å². The Labute approximate surface area is 133 Å². The maximum atomic E-state index is 5.80. The van der Waals surface area contributed by atoms with Crippen molar-refractivity contribution in [3.63, 3.8) is 0 Å². The summed E-state index contributed by atoms with van der Waals surface area (Å²) < 4.78 is 15.2. The molecule has 0 amide bonds. The molecule has 1 saturated heterocycles. The summed E-state index contributed by atoms with van der Waals surface area (Å²) in [6.45, 7) is 4.81. The Bertz CT molecular complexity index is 601. The van der Waals surface area contributed by atoms with Gasteiger partial charge in [0.05, 0.1) is 19.8 Å². The van der Waals surface area contributed by atoms with Crippen molar-refractivity contribution in [3.05, 3.63) is 17.5 Å². The number of aromatic amines is 1. The lowest BCUT2D eigenvalue weighted by molar-refractivity contribution is 0.0342. The number of anilines is 1. The molecular weight excluding hydrogens is 304 g/mol. The minimum absolute atomic E-state index is 0.128. The van der Waals surface area contributed by atoms with Crippen molar-refractivity contribution < 1.29 is 9.47 Å². The van der Waals surface area contributed by atoms with Crippen molar-refractivity contribution >= 4 is 16.7 Å². The molecule has 0 aromatic carbocycles. The number of aryl methyl sites for hydroxylation is 1. The van der Waals surface area contributed by atoms with E-state index in [1.807, 2.05) is 6.92 Å². The molecule has 1 atom stereocenters. The predicted octanol–water partition coefficient (Wildman–Crippen LogP) is 0.985. The molecule has 1 N–H and O–H groups in total. The van der Waals surface area contributed by atoms with E-state index in [2.05, 4.69) is 29.4 Å². The number of aromatic nitrogens is 5. The molecule has 1 aliphatic heterocycles. The van der Waals surface area contributed by atoms with Gasteiger partial charge in [-0.15, -0.1) is 0 Å². The van der Waals surface area contributed by atoms with Crippen LogP contribution >= 0.6 is 11.5 Å².